The van der Waals surface area contributed by atoms with Gasteiger partial charge in [0.2, 0.25) is 5.91 Å². The second kappa shape index (κ2) is 7.39. The number of hydrogen-bond acceptors (Lipinski definition) is 8. The van der Waals surface area contributed by atoms with Crippen molar-refractivity contribution < 1.29 is 13.2 Å². The molecule has 0 aliphatic carbocycles. The number of benzene rings is 1. The number of aryl methyl sites for hydroxylation is 1. The van der Waals surface area contributed by atoms with Gasteiger partial charge in [-0.2, -0.15) is 0 Å². The molecular weight excluding hydrogens is 394 g/mol. The van der Waals surface area contributed by atoms with Crippen molar-refractivity contribution >= 4 is 32.9 Å². The highest BCUT2D eigenvalue weighted by atomic mass is 32.2. The lowest BCUT2D eigenvalue weighted by Gasteiger charge is -2.32. The van der Waals surface area contributed by atoms with Crippen molar-refractivity contribution in [2.75, 3.05) is 29.6 Å². The summed E-state index contributed by atoms with van der Waals surface area (Å²) in [5.41, 5.74) is 1.93. The zero-order valence-corrected chi connectivity index (χ0v) is 16.9. The summed E-state index contributed by atoms with van der Waals surface area (Å²) in [4.78, 5) is 15.0. The monoisotopic (exact) mass is 415 g/mol. The fourth-order valence-electron chi connectivity index (χ4n) is 3.38. The number of sulfone groups is 1. The summed E-state index contributed by atoms with van der Waals surface area (Å²) in [7, 11) is -3.33. The van der Waals surface area contributed by atoms with Gasteiger partial charge >= 0.3 is 0 Å². The fourth-order valence-corrected chi connectivity index (χ4v) is 4.03. The maximum absolute atomic E-state index is 12.7. The molecule has 1 fully saturated rings. The molecule has 1 aromatic carbocycles. The maximum Gasteiger partial charge on any atom is 0.227 e. The Morgan fingerprint density at radius 1 is 1.17 bits per heavy atom. The Labute approximate surface area is 167 Å². The summed E-state index contributed by atoms with van der Waals surface area (Å²) in [5, 5.41) is 18.5. The zero-order chi connectivity index (χ0) is 20.6. The molecule has 1 saturated heterocycles. The molecule has 4 rings (SSSR count). The van der Waals surface area contributed by atoms with E-state index in [1.807, 2.05) is 13.0 Å². The van der Waals surface area contributed by atoms with Crippen LogP contribution in [0.5, 0.6) is 0 Å². The second-order valence-corrected chi connectivity index (χ2v) is 9.23. The van der Waals surface area contributed by atoms with Gasteiger partial charge in [0.25, 0.3) is 0 Å². The molecule has 1 aliphatic heterocycles. The Balaban J connectivity index is 1.41. The van der Waals surface area contributed by atoms with Crippen LogP contribution in [0, 0.1) is 12.8 Å². The number of aromatic nitrogens is 5. The minimum absolute atomic E-state index is 0.0951. The van der Waals surface area contributed by atoms with Crippen LogP contribution in [0.4, 0.5) is 11.5 Å². The van der Waals surface area contributed by atoms with Crippen molar-refractivity contribution in [2.45, 2.75) is 24.7 Å². The molecule has 2 aromatic heterocycles. The van der Waals surface area contributed by atoms with Crippen molar-refractivity contribution in [2.24, 2.45) is 5.92 Å². The van der Waals surface area contributed by atoms with Crippen molar-refractivity contribution in [1.29, 1.82) is 0 Å². The molecule has 0 bridgehead atoms. The molecule has 0 unspecified atom stereocenters. The van der Waals surface area contributed by atoms with E-state index in [2.05, 4.69) is 30.8 Å². The fraction of sp³-hybridized carbons (Fsp3) is 0.389. The Morgan fingerprint density at radius 3 is 2.66 bits per heavy atom. The van der Waals surface area contributed by atoms with Gasteiger partial charge in [0.15, 0.2) is 21.3 Å². The Kier molecular flexibility index (Phi) is 4.91. The summed E-state index contributed by atoms with van der Waals surface area (Å²) >= 11 is 0. The first-order valence-corrected chi connectivity index (χ1v) is 11.1. The van der Waals surface area contributed by atoms with Gasteiger partial charge in [0.05, 0.1) is 4.90 Å². The highest BCUT2D eigenvalue weighted by Gasteiger charge is 2.26. The lowest BCUT2D eigenvalue weighted by Crippen LogP contribution is -2.38. The third-order valence-electron chi connectivity index (χ3n) is 5.14. The summed E-state index contributed by atoms with van der Waals surface area (Å²) in [6.45, 7) is 3.20. The average molecular weight is 415 g/mol. The molecule has 29 heavy (non-hydrogen) atoms. The van der Waals surface area contributed by atoms with Crippen LogP contribution in [-0.4, -0.2) is 58.9 Å². The number of rotatable bonds is 4. The Bertz CT molecular complexity index is 1170. The van der Waals surface area contributed by atoms with Crippen molar-refractivity contribution in [3.8, 4) is 0 Å². The zero-order valence-electron chi connectivity index (χ0n) is 16.1. The second-order valence-electron chi connectivity index (χ2n) is 7.22. The van der Waals surface area contributed by atoms with Crippen LogP contribution in [0.1, 0.15) is 18.4 Å². The van der Waals surface area contributed by atoms with Gasteiger partial charge in [0, 0.05) is 31.0 Å². The molecule has 0 spiro atoms. The number of anilines is 2. The first-order valence-electron chi connectivity index (χ1n) is 9.23. The number of amides is 1. The molecule has 10 nitrogen and oxygen atoms in total. The third-order valence-corrected chi connectivity index (χ3v) is 6.25. The number of carbonyl (C=O) groups is 1. The molecule has 0 saturated carbocycles. The predicted octanol–water partition coefficient (Wildman–Crippen LogP) is 1.09. The quantitative estimate of drug-likeness (QED) is 0.672. The Hall–Kier alpha value is -3.08. The normalized spacial score (nSPS) is 15.6. The van der Waals surface area contributed by atoms with E-state index in [0.717, 1.165) is 17.6 Å². The van der Waals surface area contributed by atoms with Crippen molar-refractivity contribution in [3.63, 3.8) is 0 Å². The van der Waals surface area contributed by atoms with Crippen molar-refractivity contribution in [1.82, 2.24) is 25.3 Å². The third kappa shape index (κ3) is 4.04. The molecule has 1 N–H and O–H groups in total. The van der Waals surface area contributed by atoms with Gasteiger partial charge in [0.1, 0.15) is 0 Å². The van der Waals surface area contributed by atoms with Crippen LogP contribution in [0.2, 0.25) is 0 Å². The van der Waals surface area contributed by atoms with E-state index < -0.39 is 9.84 Å². The summed E-state index contributed by atoms with van der Waals surface area (Å²) in [6.07, 6.45) is 2.50. The van der Waals surface area contributed by atoms with Gasteiger partial charge in [-0.3, -0.25) is 4.79 Å². The topological polar surface area (TPSA) is 122 Å². The SMILES string of the molecule is Cc1ccc(S(C)(=O)=O)cc1NC(=O)C1CCN(c2ccc3nnnn3n2)CC1. The molecule has 11 heteroatoms. The van der Waals surface area contributed by atoms with E-state index in [1.165, 1.54) is 10.7 Å². The highest BCUT2D eigenvalue weighted by molar-refractivity contribution is 7.90. The van der Waals surface area contributed by atoms with E-state index in [9.17, 15) is 13.2 Å². The summed E-state index contributed by atoms with van der Waals surface area (Å²) in [6, 6.07) is 8.44. The van der Waals surface area contributed by atoms with E-state index >= 15 is 0 Å². The molecule has 3 heterocycles. The summed E-state index contributed by atoms with van der Waals surface area (Å²) < 4.78 is 24.9. The van der Waals surface area contributed by atoms with Gasteiger partial charge in [-0.25, -0.2) is 8.42 Å². The molecule has 0 atom stereocenters. The summed E-state index contributed by atoms with van der Waals surface area (Å²) in [5.74, 6) is 0.520. The molecular formula is C18H21N7O3S. The van der Waals surface area contributed by atoms with E-state index in [0.29, 0.717) is 37.3 Å². The number of hydrogen-bond donors (Lipinski definition) is 1. The standard InChI is InChI=1S/C18H21N7O3S/c1-12-3-4-14(29(2,27)28)11-15(12)19-18(26)13-7-9-24(10-8-13)17-6-5-16-20-22-23-25(16)21-17/h3-6,11,13H,7-10H2,1-2H3,(H,19,26). The molecule has 152 valence electrons. The molecule has 0 radical (unpaired) electrons. The van der Waals surface area contributed by atoms with Gasteiger partial charge in [-0.1, -0.05) is 6.07 Å². The van der Waals surface area contributed by atoms with Crippen LogP contribution in [0.25, 0.3) is 5.65 Å². The van der Waals surface area contributed by atoms with E-state index in [4.69, 9.17) is 0 Å². The average Bonchev–Trinajstić information content (AvgIpc) is 3.16. The van der Waals surface area contributed by atoms with Gasteiger partial charge < -0.3 is 10.2 Å². The number of fused-ring (bicyclic) bond motifs is 1. The van der Waals surface area contributed by atoms with E-state index in [-0.39, 0.29) is 16.7 Å². The number of piperidine rings is 1. The number of nitrogens with one attached hydrogen (secondary N) is 1. The highest BCUT2D eigenvalue weighted by Crippen LogP contribution is 2.25. The van der Waals surface area contributed by atoms with Gasteiger partial charge in [-0.15, -0.1) is 14.8 Å². The van der Waals surface area contributed by atoms with Gasteiger partial charge in [-0.05, 0) is 60.0 Å². The first kappa shape index (κ1) is 19.2. The molecule has 1 aliphatic rings. The van der Waals surface area contributed by atoms with E-state index in [1.54, 1.807) is 18.2 Å². The lowest BCUT2D eigenvalue weighted by molar-refractivity contribution is -0.120. The predicted molar refractivity (Wildman–Crippen MR) is 106 cm³/mol. The van der Waals surface area contributed by atoms with Crippen LogP contribution in [0.3, 0.4) is 0 Å². The van der Waals surface area contributed by atoms with Crippen LogP contribution in [-0.2, 0) is 14.6 Å². The maximum atomic E-state index is 12.7. The number of tetrazole rings is 1. The minimum atomic E-state index is -3.33. The smallest absolute Gasteiger partial charge is 0.227 e. The minimum Gasteiger partial charge on any atom is -0.355 e. The Morgan fingerprint density at radius 2 is 1.93 bits per heavy atom. The number of nitrogens with zero attached hydrogens (tertiary/aromatic N) is 6. The first-order chi connectivity index (χ1) is 13.8. The largest absolute Gasteiger partial charge is 0.355 e. The molecule has 3 aromatic rings. The van der Waals surface area contributed by atoms with Crippen molar-refractivity contribution in [3.05, 3.63) is 35.9 Å². The lowest BCUT2D eigenvalue weighted by atomic mass is 9.95. The van der Waals surface area contributed by atoms with Crippen LogP contribution in [0.15, 0.2) is 35.2 Å². The van der Waals surface area contributed by atoms with Crippen LogP contribution >= 0.6 is 0 Å². The number of carbonyl (C=O) groups excluding carboxylic acids is 1. The van der Waals surface area contributed by atoms with Crippen LogP contribution < -0.4 is 10.2 Å². The molecule has 1 amide bonds.